The molecule has 0 radical (unpaired) electrons. The van der Waals surface area contributed by atoms with Crippen molar-refractivity contribution in [2.45, 2.75) is 38.1 Å². The molecule has 1 aliphatic rings. The first-order valence-corrected chi connectivity index (χ1v) is 8.19. The second-order valence-corrected chi connectivity index (χ2v) is 6.23. The summed E-state index contributed by atoms with van der Waals surface area (Å²) in [4.78, 5) is 11.9. The zero-order chi connectivity index (χ0) is 17.2. The molecule has 3 heterocycles. The summed E-state index contributed by atoms with van der Waals surface area (Å²) in [7, 11) is 1.61. The van der Waals surface area contributed by atoms with Gasteiger partial charge in [0.1, 0.15) is 17.2 Å². The Labute approximate surface area is 140 Å². The van der Waals surface area contributed by atoms with Crippen LogP contribution in [0.3, 0.4) is 0 Å². The molecule has 0 aliphatic carbocycles. The number of guanidine groups is 1. The molecule has 1 unspecified atom stereocenters. The lowest BCUT2D eigenvalue weighted by Crippen LogP contribution is -2.46. The standard InChI is InChI=1S/C13H16F3N7S/c1-17-12(18-4-11-22-9(6-24-11)13(14,15)16)21-8-2-3-10-19-7-20-23(10)5-8/h6-8H,2-5H2,1H3,(H2,17,18,21). The summed E-state index contributed by atoms with van der Waals surface area (Å²) in [5.41, 5.74) is -0.863. The van der Waals surface area contributed by atoms with Gasteiger partial charge in [0, 0.05) is 24.9 Å². The fraction of sp³-hybridized carbons (Fsp3) is 0.538. The Hall–Kier alpha value is -2.17. The molecule has 0 aromatic carbocycles. The van der Waals surface area contributed by atoms with E-state index in [9.17, 15) is 13.2 Å². The van der Waals surface area contributed by atoms with Gasteiger partial charge in [-0.3, -0.25) is 4.99 Å². The molecule has 1 atom stereocenters. The zero-order valence-corrected chi connectivity index (χ0v) is 13.7. The minimum atomic E-state index is -4.41. The minimum absolute atomic E-state index is 0.132. The maximum Gasteiger partial charge on any atom is 0.434 e. The van der Waals surface area contributed by atoms with Gasteiger partial charge >= 0.3 is 6.18 Å². The summed E-state index contributed by atoms with van der Waals surface area (Å²) in [6, 6.07) is 0.132. The highest BCUT2D eigenvalue weighted by Gasteiger charge is 2.33. The van der Waals surface area contributed by atoms with E-state index >= 15 is 0 Å². The van der Waals surface area contributed by atoms with Gasteiger partial charge in [-0.15, -0.1) is 11.3 Å². The lowest BCUT2D eigenvalue weighted by atomic mass is 10.1. The van der Waals surface area contributed by atoms with Crippen molar-refractivity contribution in [1.29, 1.82) is 0 Å². The van der Waals surface area contributed by atoms with Crippen LogP contribution in [0.5, 0.6) is 0 Å². The number of aromatic nitrogens is 4. The van der Waals surface area contributed by atoms with E-state index in [1.54, 1.807) is 7.05 Å². The van der Waals surface area contributed by atoms with Crippen LogP contribution in [0.25, 0.3) is 0 Å². The Balaban J connectivity index is 1.53. The number of hydrogen-bond acceptors (Lipinski definition) is 5. The molecule has 11 heteroatoms. The SMILES string of the molecule is CN=C(NCc1nc(C(F)(F)F)cs1)NC1CCc2ncnn2C1. The lowest BCUT2D eigenvalue weighted by Gasteiger charge is -2.25. The van der Waals surface area contributed by atoms with Gasteiger partial charge in [0.15, 0.2) is 11.7 Å². The molecule has 24 heavy (non-hydrogen) atoms. The molecule has 2 aromatic heterocycles. The van der Waals surface area contributed by atoms with E-state index in [1.807, 2.05) is 4.68 Å². The van der Waals surface area contributed by atoms with Gasteiger partial charge in [-0.1, -0.05) is 0 Å². The summed E-state index contributed by atoms with van der Waals surface area (Å²) in [5.74, 6) is 1.48. The van der Waals surface area contributed by atoms with Gasteiger partial charge in [-0.2, -0.15) is 18.3 Å². The number of thiazole rings is 1. The molecule has 2 aromatic rings. The van der Waals surface area contributed by atoms with Gasteiger partial charge in [-0.25, -0.2) is 14.6 Å². The van der Waals surface area contributed by atoms with Crippen molar-refractivity contribution in [2.75, 3.05) is 7.05 Å². The van der Waals surface area contributed by atoms with Gasteiger partial charge in [-0.05, 0) is 6.42 Å². The van der Waals surface area contributed by atoms with Crippen LogP contribution in [0.1, 0.15) is 22.9 Å². The first-order valence-electron chi connectivity index (χ1n) is 7.31. The van der Waals surface area contributed by atoms with Crippen molar-refractivity contribution < 1.29 is 13.2 Å². The van der Waals surface area contributed by atoms with Crippen molar-refractivity contribution in [3.05, 3.63) is 28.2 Å². The number of nitrogens with one attached hydrogen (secondary N) is 2. The highest BCUT2D eigenvalue weighted by Crippen LogP contribution is 2.29. The number of fused-ring (bicyclic) bond motifs is 1. The molecular weight excluding hydrogens is 343 g/mol. The lowest BCUT2D eigenvalue weighted by molar-refractivity contribution is -0.140. The van der Waals surface area contributed by atoms with E-state index in [2.05, 4.69) is 30.7 Å². The first kappa shape index (κ1) is 16.7. The number of hydrogen-bond donors (Lipinski definition) is 2. The van der Waals surface area contributed by atoms with Crippen molar-refractivity contribution in [3.8, 4) is 0 Å². The Bertz CT molecular complexity index is 721. The summed E-state index contributed by atoms with van der Waals surface area (Å²) < 4.78 is 39.5. The number of rotatable bonds is 3. The summed E-state index contributed by atoms with van der Waals surface area (Å²) in [6.45, 7) is 0.854. The van der Waals surface area contributed by atoms with Crippen molar-refractivity contribution in [3.63, 3.8) is 0 Å². The summed E-state index contributed by atoms with van der Waals surface area (Å²) >= 11 is 0.968. The van der Waals surface area contributed by atoms with Crippen molar-refractivity contribution in [2.24, 2.45) is 4.99 Å². The van der Waals surface area contributed by atoms with Crippen LogP contribution in [-0.4, -0.2) is 38.8 Å². The average molecular weight is 359 g/mol. The van der Waals surface area contributed by atoms with E-state index in [0.29, 0.717) is 17.5 Å². The van der Waals surface area contributed by atoms with Crippen LogP contribution in [0.15, 0.2) is 16.7 Å². The Morgan fingerprint density at radius 1 is 1.50 bits per heavy atom. The normalized spacial score (nSPS) is 18.3. The molecule has 0 fully saturated rings. The van der Waals surface area contributed by atoms with Crippen molar-refractivity contribution >= 4 is 17.3 Å². The van der Waals surface area contributed by atoms with Crippen LogP contribution < -0.4 is 10.6 Å². The van der Waals surface area contributed by atoms with Gasteiger partial charge in [0.05, 0.1) is 13.1 Å². The monoisotopic (exact) mass is 359 g/mol. The molecule has 1 aliphatic heterocycles. The predicted molar refractivity (Wildman–Crippen MR) is 82.6 cm³/mol. The minimum Gasteiger partial charge on any atom is -0.352 e. The maximum atomic E-state index is 12.5. The van der Waals surface area contributed by atoms with Gasteiger partial charge in [0.25, 0.3) is 0 Å². The zero-order valence-electron chi connectivity index (χ0n) is 12.8. The number of alkyl halides is 3. The number of nitrogens with zero attached hydrogens (tertiary/aromatic N) is 5. The van der Waals surface area contributed by atoms with E-state index in [-0.39, 0.29) is 12.6 Å². The average Bonchev–Trinajstić information content (AvgIpc) is 3.19. The van der Waals surface area contributed by atoms with Crippen LogP contribution in [-0.2, 0) is 25.7 Å². The molecule has 7 nitrogen and oxygen atoms in total. The van der Waals surface area contributed by atoms with Crippen LogP contribution in [0.4, 0.5) is 13.2 Å². The summed E-state index contributed by atoms with van der Waals surface area (Å²) in [5, 5.41) is 11.8. The number of aliphatic imine (C=N–C) groups is 1. The topological polar surface area (TPSA) is 80.0 Å². The molecule has 2 N–H and O–H groups in total. The Morgan fingerprint density at radius 2 is 2.33 bits per heavy atom. The Morgan fingerprint density at radius 3 is 3.04 bits per heavy atom. The third kappa shape index (κ3) is 3.83. The highest BCUT2D eigenvalue weighted by atomic mass is 32.1. The molecule has 0 amide bonds. The number of halogens is 3. The number of aryl methyl sites for hydroxylation is 1. The molecule has 0 spiro atoms. The molecule has 130 valence electrons. The molecule has 3 rings (SSSR count). The molecule has 0 saturated heterocycles. The van der Waals surface area contributed by atoms with E-state index < -0.39 is 11.9 Å². The largest absolute Gasteiger partial charge is 0.434 e. The third-order valence-electron chi connectivity index (χ3n) is 3.62. The first-order chi connectivity index (χ1) is 11.5. The molecule has 0 saturated carbocycles. The quantitative estimate of drug-likeness (QED) is 0.640. The highest BCUT2D eigenvalue weighted by molar-refractivity contribution is 7.09. The van der Waals surface area contributed by atoms with Crippen LogP contribution in [0.2, 0.25) is 0 Å². The smallest absolute Gasteiger partial charge is 0.352 e. The van der Waals surface area contributed by atoms with E-state index in [0.717, 1.165) is 35.4 Å². The Kier molecular flexibility index (Phi) is 4.69. The van der Waals surface area contributed by atoms with Crippen LogP contribution >= 0.6 is 11.3 Å². The maximum absolute atomic E-state index is 12.5. The van der Waals surface area contributed by atoms with Gasteiger partial charge in [0.2, 0.25) is 0 Å². The second-order valence-electron chi connectivity index (χ2n) is 5.29. The summed E-state index contributed by atoms with van der Waals surface area (Å²) in [6.07, 6.45) is -1.18. The third-order valence-corrected chi connectivity index (χ3v) is 4.47. The van der Waals surface area contributed by atoms with Crippen LogP contribution in [0, 0.1) is 0 Å². The molecule has 0 bridgehead atoms. The fourth-order valence-electron chi connectivity index (χ4n) is 2.42. The van der Waals surface area contributed by atoms with E-state index in [4.69, 9.17) is 0 Å². The van der Waals surface area contributed by atoms with Gasteiger partial charge < -0.3 is 10.6 Å². The second kappa shape index (κ2) is 6.75. The predicted octanol–water partition coefficient (Wildman–Crippen LogP) is 1.43. The molecular formula is C13H16F3N7S. The fourth-order valence-corrected chi connectivity index (χ4v) is 3.17. The van der Waals surface area contributed by atoms with Crippen molar-refractivity contribution in [1.82, 2.24) is 30.4 Å². The van der Waals surface area contributed by atoms with E-state index in [1.165, 1.54) is 6.33 Å².